The van der Waals surface area contributed by atoms with E-state index < -0.39 is 24.8 Å². The molecule has 0 atom stereocenters. The molecule has 2 rings (SSSR count). The molecule has 0 aromatic heterocycles. The second kappa shape index (κ2) is 10.5. The van der Waals surface area contributed by atoms with Crippen molar-refractivity contribution in [1.82, 2.24) is 0 Å². The van der Waals surface area contributed by atoms with Gasteiger partial charge in [0.25, 0.3) is 0 Å². The minimum atomic E-state index is -0.445. The second-order valence-electron chi connectivity index (χ2n) is 5.18. The van der Waals surface area contributed by atoms with Crippen LogP contribution >= 0.6 is 0 Å². The van der Waals surface area contributed by atoms with Gasteiger partial charge in [-0.15, -0.1) is 0 Å². The van der Waals surface area contributed by atoms with Crippen molar-refractivity contribution in [3.63, 3.8) is 0 Å². The Morgan fingerprint density at radius 2 is 1.04 bits per heavy atom. The first-order chi connectivity index (χ1) is 12.4. The molecule has 142 valence electrons. The van der Waals surface area contributed by atoms with E-state index in [4.69, 9.17) is 29.9 Å². The van der Waals surface area contributed by atoms with Crippen LogP contribution < -0.4 is 9.47 Å². The van der Waals surface area contributed by atoms with Crippen LogP contribution in [0.25, 0.3) is 0 Å². The molecular formula is C18H22O8. The van der Waals surface area contributed by atoms with Crippen LogP contribution in [0.15, 0.2) is 35.4 Å². The first kappa shape index (κ1) is 21.5. The SMILES string of the molecule is COc1cc(CO)c(OC)cc1CO.O=C1C=C(CO)C(=O)C=C1CO. The topological polar surface area (TPSA) is 134 Å². The summed E-state index contributed by atoms with van der Waals surface area (Å²) >= 11 is 0. The lowest BCUT2D eigenvalue weighted by Gasteiger charge is -2.12. The number of allylic oxidation sites excluding steroid dienone is 2. The van der Waals surface area contributed by atoms with Crippen LogP contribution in [0.2, 0.25) is 0 Å². The lowest BCUT2D eigenvalue weighted by molar-refractivity contribution is -0.115. The van der Waals surface area contributed by atoms with Crippen LogP contribution in [-0.2, 0) is 22.8 Å². The summed E-state index contributed by atoms with van der Waals surface area (Å²) in [5.41, 5.74) is 1.41. The number of benzene rings is 1. The lowest BCUT2D eigenvalue weighted by atomic mass is 9.98. The molecule has 0 radical (unpaired) electrons. The normalized spacial score (nSPS) is 13.5. The highest BCUT2D eigenvalue weighted by Gasteiger charge is 2.18. The molecule has 0 bridgehead atoms. The van der Waals surface area contributed by atoms with E-state index in [1.807, 2.05) is 0 Å². The van der Waals surface area contributed by atoms with Gasteiger partial charge in [0, 0.05) is 22.3 Å². The van der Waals surface area contributed by atoms with E-state index in [9.17, 15) is 9.59 Å². The van der Waals surface area contributed by atoms with Gasteiger partial charge in [-0.05, 0) is 24.3 Å². The molecule has 1 aromatic rings. The first-order valence-corrected chi connectivity index (χ1v) is 7.62. The van der Waals surface area contributed by atoms with Gasteiger partial charge >= 0.3 is 0 Å². The first-order valence-electron chi connectivity index (χ1n) is 7.62. The zero-order valence-corrected chi connectivity index (χ0v) is 14.6. The van der Waals surface area contributed by atoms with Crippen LogP contribution in [0.4, 0.5) is 0 Å². The Hall–Kier alpha value is -2.52. The van der Waals surface area contributed by atoms with Crippen LogP contribution in [0.5, 0.6) is 11.5 Å². The van der Waals surface area contributed by atoms with Crippen molar-refractivity contribution in [3.05, 3.63) is 46.6 Å². The Morgan fingerprint density at radius 3 is 1.27 bits per heavy atom. The third-order valence-electron chi connectivity index (χ3n) is 3.61. The second-order valence-corrected chi connectivity index (χ2v) is 5.18. The zero-order chi connectivity index (χ0) is 19.7. The van der Waals surface area contributed by atoms with Crippen LogP contribution in [0.1, 0.15) is 11.1 Å². The monoisotopic (exact) mass is 366 g/mol. The fourth-order valence-electron chi connectivity index (χ4n) is 2.16. The summed E-state index contributed by atoms with van der Waals surface area (Å²) in [5, 5.41) is 35.3. The summed E-state index contributed by atoms with van der Waals surface area (Å²) < 4.78 is 10.1. The summed E-state index contributed by atoms with van der Waals surface area (Å²) in [6, 6.07) is 3.31. The number of rotatable bonds is 6. The number of carbonyl (C=O) groups excluding carboxylic acids is 2. The number of carbonyl (C=O) groups is 2. The quantitative estimate of drug-likeness (QED) is 0.503. The number of hydrogen-bond acceptors (Lipinski definition) is 8. The zero-order valence-electron chi connectivity index (χ0n) is 14.6. The maximum absolute atomic E-state index is 11.0. The smallest absolute Gasteiger partial charge is 0.184 e. The molecule has 26 heavy (non-hydrogen) atoms. The van der Waals surface area contributed by atoms with E-state index >= 15 is 0 Å². The van der Waals surface area contributed by atoms with Gasteiger partial charge in [-0.3, -0.25) is 9.59 Å². The maximum Gasteiger partial charge on any atom is 0.184 e. The van der Waals surface area contributed by atoms with Crippen molar-refractivity contribution in [1.29, 1.82) is 0 Å². The fraction of sp³-hybridized carbons (Fsp3) is 0.333. The highest BCUT2D eigenvalue weighted by atomic mass is 16.5. The molecule has 4 N–H and O–H groups in total. The minimum absolute atomic E-state index is 0.0669. The van der Waals surface area contributed by atoms with E-state index in [-0.39, 0.29) is 24.4 Å². The Bertz CT molecular complexity index is 630. The van der Waals surface area contributed by atoms with Gasteiger partial charge in [0.1, 0.15) is 11.5 Å². The summed E-state index contributed by atoms with van der Waals surface area (Å²) in [7, 11) is 3.03. The molecule has 0 fully saturated rings. The van der Waals surface area contributed by atoms with Crippen LogP contribution in [0.3, 0.4) is 0 Å². The van der Waals surface area contributed by atoms with Crippen molar-refractivity contribution >= 4 is 11.6 Å². The molecule has 8 heteroatoms. The standard InChI is InChI=1S/C10H14O4.C8H8O4/c1-13-9-3-8(6-12)10(14-2)4-7(9)5-11;9-3-5-1-7(11)6(4-10)2-8(5)12/h3-4,11-12H,5-6H2,1-2H3;1-2,9-10H,3-4H2. The molecule has 0 heterocycles. The molecule has 8 nitrogen and oxygen atoms in total. The minimum Gasteiger partial charge on any atom is -0.496 e. The van der Waals surface area contributed by atoms with Gasteiger partial charge in [-0.25, -0.2) is 0 Å². The molecule has 1 aromatic carbocycles. The van der Waals surface area contributed by atoms with Crippen LogP contribution in [0, 0.1) is 0 Å². The molecule has 1 aliphatic carbocycles. The Balaban J connectivity index is 0.000000263. The maximum atomic E-state index is 11.0. The summed E-state index contributed by atoms with van der Waals surface area (Å²) in [4.78, 5) is 21.9. The van der Waals surface area contributed by atoms with Crippen molar-refractivity contribution < 1.29 is 39.5 Å². The Morgan fingerprint density at radius 1 is 0.692 bits per heavy atom. The van der Waals surface area contributed by atoms with Gasteiger partial charge in [0.15, 0.2) is 11.6 Å². The average Bonchev–Trinajstić information content (AvgIpc) is 2.68. The van der Waals surface area contributed by atoms with E-state index in [2.05, 4.69) is 0 Å². The largest absolute Gasteiger partial charge is 0.496 e. The molecule has 0 saturated heterocycles. The Kier molecular flexibility index (Phi) is 8.66. The molecule has 1 aliphatic rings. The summed E-state index contributed by atoms with van der Waals surface area (Å²) in [5.74, 6) is 0.275. The van der Waals surface area contributed by atoms with Crippen LogP contribution in [-0.4, -0.2) is 59.4 Å². The van der Waals surface area contributed by atoms with Gasteiger partial charge in [0.2, 0.25) is 0 Å². The predicted molar refractivity (Wildman–Crippen MR) is 91.7 cm³/mol. The summed E-state index contributed by atoms with van der Waals surface area (Å²) in [6.07, 6.45) is 2.10. The molecular weight excluding hydrogens is 344 g/mol. The van der Waals surface area contributed by atoms with Gasteiger partial charge in [-0.2, -0.15) is 0 Å². The van der Waals surface area contributed by atoms with Crippen molar-refractivity contribution in [3.8, 4) is 11.5 Å². The number of ketones is 2. The van der Waals surface area contributed by atoms with E-state index in [0.717, 1.165) is 12.2 Å². The van der Waals surface area contributed by atoms with Gasteiger partial charge in [0.05, 0.1) is 40.6 Å². The highest BCUT2D eigenvalue weighted by molar-refractivity contribution is 6.20. The molecule has 0 unspecified atom stereocenters. The third-order valence-corrected chi connectivity index (χ3v) is 3.61. The molecule has 0 amide bonds. The Labute approximate surface area is 150 Å². The molecule has 0 saturated carbocycles. The van der Waals surface area contributed by atoms with E-state index in [1.165, 1.54) is 14.2 Å². The summed E-state index contributed by atoms with van der Waals surface area (Å²) in [6.45, 7) is -1.13. The van der Waals surface area contributed by atoms with Gasteiger partial charge < -0.3 is 29.9 Å². The molecule has 0 spiro atoms. The fourth-order valence-corrected chi connectivity index (χ4v) is 2.16. The predicted octanol–water partition coefficient (Wildman–Crippen LogP) is -0.336. The van der Waals surface area contributed by atoms with Gasteiger partial charge in [-0.1, -0.05) is 0 Å². The average molecular weight is 366 g/mol. The number of aliphatic hydroxyl groups excluding tert-OH is 4. The third kappa shape index (κ3) is 5.24. The van der Waals surface area contributed by atoms with Crippen molar-refractivity contribution in [2.75, 3.05) is 27.4 Å². The molecule has 0 aliphatic heterocycles. The lowest BCUT2D eigenvalue weighted by Crippen LogP contribution is -2.17. The van der Waals surface area contributed by atoms with Crippen molar-refractivity contribution in [2.24, 2.45) is 0 Å². The van der Waals surface area contributed by atoms with E-state index in [1.54, 1.807) is 12.1 Å². The van der Waals surface area contributed by atoms with Crippen molar-refractivity contribution in [2.45, 2.75) is 13.2 Å². The highest BCUT2D eigenvalue weighted by Crippen LogP contribution is 2.28. The number of ether oxygens (including phenoxy) is 2. The number of methoxy groups -OCH3 is 2. The number of aliphatic hydroxyl groups is 4. The number of hydrogen-bond donors (Lipinski definition) is 4. The van der Waals surface area contributed by atoms with E-state index in [0.29, 0.717) is 22.6 Å².